The second-order valence-electron chi connectivity index (χ2n) is 4.88. The number of hydrogen-bond acceptors (Lipinski definition) is 3. The van der Waals surface area contributed by atoms with Gasteiger partial charge in [0.1, 0.15) is 5.82 Å². The first-order chi connectivity index (χ1) is 8.39. The summed E-state index contributed by atoms with van der Waals surface area (Å²) in [7, 11) is -3.64. The van der Waals surface area contributed by atoms with Gasteiger partial charge in [-0.15, -0.1) is 0 Å². The second kappa shape index (κ2) is 4.95. The van der Waals surface area contributed by atoms with E-state index in [0.717, 1.165) is 12.5 Å². The zero-order chi connectivity index (χ0) is 13.3. The van der Waals surface area contributed by atoms with Gasteiger partial charge in [0, 0.05) is 19.1 Å². The van der Waals surface area contributed by atoms with Crippen LogP contribution in [0.3, 0.4) is 0 Å². The third-order valence-corrected chi connectivity index (χ3v) is 4.92. The van der Waals surface area contributed by atoms with Gasteiger partial charge in [0.2, 0.25) is 10.0 Å². The highest BCUT2D eigenvalue weighted by Gasteiger charge is 2.31. The second-order valence-corrected chi connectivity index (χ2v) is 6.82. The van der Waals surface area contributed by atoms with Crippen LogP contribution in [0.25, 0.3) is 0 Å². The Morgan fingerprint density at radius 2 is 2.11 bits per heavy atom. The van der Waals surface area contributed by atoms with Crippen molar-refractivity contribution in [1.29, 1.82) is 0 Å². The van der Waals surface area contributed by atoms with Gasteiger partial charge in [0.15, 0.2) is 0 Å². The zero-order valence-corrected chi connectivity index (χ0v) is 11.0. The quantitative estimate of drug-likeness (QED) is 0.879. The minimum absolute atomic E-state index is 0.0104. The highest BCUT2D eigenvalue weighted by atomic mass is 32.2. The van der Waals surface area contributed by atoms with Crippen LogP contribution in [0.4, 0.5) is 4.39 Å². The van der Waals surface area contributed by atoms with E-state index in [1.807, 2.05) is 6.92 Å². The van der Waals surface area contributed by atoms with E-state index in [1.54, 1.807) is 0 Å². The van der Waals surface area contributed by atoms with Crippen LogP contribution in [0.1, 0.15) is 13.3 Å². The molecule has 1 saturated heterocycles. The third kappa shape index (κ3) is 2.71. The molecular weight excluding hydrogens is 255 g/mol. The molecule has 4 nitrogen and oxygen atoms in total. The van der Waals surface area contributed by atoms with E-state index in [0.29, 0.717) is 13.1 Å². The predicted molar refractivity (Wildman–Crippen MR) is 66.9 cm³/mol. The van der Waals surface area contributed by atoms with Crippen molar-refractivity contribution in [3.63, 3.8) is 0 Å². The van der Waals surface area contributed by atoms with Crippen molar-refractivity contribution in [2.24, 2.45) is 11.7 Å². The van der Waals surface area contributed by atoms with Crippen LogP contribution in [0.2, 0.25) is 0 Å². The summed E-state index contributed by atoms with van der Waals surface area (Å²) in [6.07, 6.45) is 0.815. The molecule has 0 aliphatic carbocycles. The number of hydrogen-bond donors (Lipinski definition) is 1. The molecule has 0 aromatic heterocycles. The molecule has 6 heteroatoms. The summed E-state index contributed by atoms with van der Waals surface area (Å²) < 4.78 is 39.1. The Hall–Kier alpha value is -0.980. The summed E-state index contributed by atoms with van der Waals surface area (Å²) in [5, 5.41) is 0. The molecule has 0 bridgehead atoms. The molecule has 2 unspecified atom stereocenters. The minimum Gasteiger partial charge on any atom is -0.326 e. The summed E-state index contributed by atoms with van der Waals surface area (Å²) in [6, 6.07) is 4.92. The molecule has 0 saturated carbocycles. The van der Waals surface area contributed by atoms with Crippen LogP contribution < -0.4 is 5.73 Å². The van der Waals surface area contributed by atoms with Crippen LogP contribution >= 0.6 is 0 Å². The fraction of sp³-hybridized carbons (Fsp3) is 0.500. The predicted octanol–water partition coefficient (Wildman–Crippen LogP) is 1.18. The maximum Gasteiger partial charge on any atom is 0.243 e. The molecular formula is C12H17FN2O2S. The molecule has 0 spiro atoms. The summed E-state index contributed by atoms with van der Waals surface area (Å²) in [6.45, 7) is 2.70. The first-order valence-corrected chi connectivity index (χ1v) is 7.35. The van der Waals surface area contributed by atoms with E-state index < -0.39 is 15.8 Å². The van der Waals surface area contributed by atoms with Crippen molar-refractivity contribution in [2.45, 2.75) is 24.3 Å². The summed E-state index contributed by atoms with van der Waals surface area (Å²) >= 11 is 0. The summed E-state index contributed by atoms with van der Waals surface area (Å²) in [5.74, 6) is -0.331. The van der Waals surface area contributed by atoms with E-state index in [4.69, 9.17) is 5.73 Å². The maximum atomic E-state index is 13.1. The molecule has 1 fully saturated rings. The molecule has 1 aromatic rings. The van der Waals surface area contributed by atoms with Crippen molar-refractivity contribution < 1.29 is 12.8 Å². The molecule has 2 rings (SSSR count). The highest BCUT2D eigenvalue weighted by Crippen LogP contribution is 2.23. The topological polar surface area (TPSA) is 63.4 Å². The van der Waals surface area contributed by atoms with E-state index in [9.17, 15) is 12.8 Å². The lowest BCUT2D eigenvalue weighted by atomic mass is 9.99. The van der Waals surface area contributed by atoms with Gasteiger partial charge in [-0.25, -0.2) is 12.8 Å². The number of nitrogens with two attached hydrogens (primary N) is 1. The van der Waals surface area contributed by atoms with E-state index >= 15 is 0 Å². The zero-order valence-electron chi connectivity index (χ0n) is 10.2. The molecule has 0 radical (unpaired) electrons. The average Bonchev–Trinajstić information content (AvgIpc) is 2.27. The van der Waals surface area contributed by atoms with Crippen molar-refractivity contribution in [2.75, 3.05) is 13.1 Å². The molecule has 2 N–H and O–H groups in total. The molecule has 100 valence electrons. The Labute approximate surface area is 107 Å². The van der Waals surface area contributed by atoms with Gasteiger partial charge < -0.3 is 5.73 Å². The van der Waals surface area contributed by atoms with Gasteiger partial charge in [0.25, 0.3) is 0 Å². The van der Waals surface area contributed by atoms with Crippen molar-refractivity contribution >= 4 is 10.0 Å². The first-order valence-electron chi connectivity index (χ1n) is 5.91. The Balaban J connectivity index is 2.31. The maximum absolute atomic E-state index is 13.1. The molecule has 1 aliphatic heterocycles. The lowest BCUT2D eigenvalue weighted by Gasteiger charge is -2.33. The largest absolute Gasteiger partial charge is 0.326 e. The van der Waals surface area contributed by atoms with E-state index in [1.165, 1.54) is 22.5 Å². The third-order valence-electron chi connectivity index (χ3n) is 3.09. The van der Waals surface area contributed by atoms with Crippen molar-refractivity contribution in [1.82, 2.24) is 4.31 Å². The summed E-state index contributed by atoms with van der Waals surface area (Å²) in [4.78, 5) is -0.0104. The normalized spacial score (nSPS) is 26.2. The molecule has 18 heavy (non-hydrogen) atoms. The number of benzene rings is 1. The van der Waals surface area contributed by atoms with E-state index in [-0.39, 0.29) is 16.9 Å². The van der Waals surface area contributed by atoms with Crippen molar-refractivity contribution in [3.05, 3.63) is 30.1 Å². The Morgan fingerprint density at radius 1 is 1.39 bits per heavy atom. The van der Waals surface area contributed by atoms with Gasteiger partial charge in [-0.2, -0.15) is 4.31 Å². The molecule has 0 amide bonds. The molecule has 1 heterocycles. The molecule has 1 aliphatic rings. The smallest absolute Gasteiger partial charge is 0.243 e. The lowest BCUT2D eigenvalue weighted by Crippen LogP contribution is -2.48. The lowest BCUT2D eigenvalue weighted by molar-refractivity contribution is 0.254. The van der Waals surface area contributed by atoms with Gasteiger partial charge in [-0.05, 0) is 30.5 Å². The van der Waals surface area contributed by atoms with Gasteiger partial charge >= 0.3 is 0 Å². The summed E-state index contributed by atoms with van der Waals surface area (Å²) in [5.41, 5.74) is 5.84. The Kier molecular flexibility index (Phi) is 3.70. The fourth-order valence-corrected chi connectivity index (χ4v) is 3.97. The number of halogens is 1. The monoisotopic (exact) mass is 272 g/mol. The van der Waals surface area contributed by atoms with Crippen LogP contribution in [0.15, 0.2) is 29.2 Å². The van der Waals surface area contributed by atoms with Gasteiger partial charge in [0.05, 0.1) is 4.90 Å². The van der Waals surface area contributed by atoms with Crippen molar-refractivity contribution in [3.8, 4) is 0 Å². The van der Waals surface area contributed by atoms with Gasteiger partial charge in [-0.1, -0.05) is 13.0 Å². The minimum atomic E-state index is -3.64. The average molecular weight is 272 g/mol. The van der Waals surface area contributed by atoms with E-state index in [2.05, 4.69) is 0 Å². The Bertz CT molecular complexity index is 523. The fourth-order valence-electron chi connectivity index (χ4n) is 2.32. The number of nitrogens with zero attached hydrogens (tertiary/aromatic N) is 1. The SMILES string of the molecule is CC1CC(N)CN(S(=O)(=O)c2cccc(F)c2)C1. The van der Waals surface area contributed by atoms with Crippen LogP contribution in [0, 0.1) is 11.7 Å². The van der Waals surface area contributed by atoms with Gasteiger partial charge in [-0.3, -0.25) is 0 Å². The van der Waals surface area contributed by atoms with Crippen LogP contribution in [-0.4, -0.2) is 31.9 Å². The Morgan fingerprint density at radius 3 is 2.72 bits per heavy atom. The highest BCUT2D eigenvalue weighted by molar-refractivity contribution is 7.89. The number of rotatable bonds is 2. The van der Waals surface area contributed by atoms with Crippen LogP contribution in [0.5, 0.6) is 0 Å². The molecule has 1 aromatic carbocycles. The standard InChI is InChI=1S/C12H17FN2O2S/c1-9-5-11(14)8-15(7-9)18(16,17)12-4-2-3-10(13)6-12/h2-4,6,9,11H,5,7-8,14H2,1H3. The molecule has 2 atom stereocenters. The van der Waals surface area contributed by atoms with Crippen LogP contribution in [-0.2, 0) is 10.0 Å². The number of piperidine rings is 1. The number of sulfonamides is 1. The first kappa shape index (κ1) is 13.5.